The van der Waals surface area contributed by atoms with E-state index in [9.17, 15) is 0 Å². The van der Waals surface area contributed by atoms with Crippen LogP contribution in [0, 0.1) is 0 Å². The molecule has 0 aromatic carbocycles. The van der Waals surface area contributed by atoms with Gasteiger partial charge in [-0.05, 0) is 60.9 Å². The van der Waals surface area contributed by atoms with Crippen LogP contribution >= 0.6 is 0 Å². The highest BCUT2D eigenvalue weighted by molar-refractivity contribution is 5.96. The molecule has 5 rings (SSSR count). The molecular weight excluding hydrogens is 406 g/mol. The molecule has 0 atom stereocenters. The lowest BCUT2D eigenvalue weighted by atomic mass is 9.98. The fourth-order valence-electron chi connectivity index (χ4n) is 4.68. The van der Waals surface area contributed by atoms with Crippen molar-refractivity contribution < 1.29 is 0 Å². The minimum absolute atomic E-state index is 0.426. The van der Waals surface area contributed by atoms with E-state index in [0.29, 0.717) is 5.92 Å². The maximum absolute atomic E-state index is 4.76. The first-order valence-corrected chi connectivity index (χ1v) is 11.6. The van der Waals surface area contributed by atoms with Gasteiger partial charge in [-0.15, -0.1) is 6.58 Å². The average molecular weight is 438 g/mol. The Bertz CT molecular complexity index is 1290. The summed E-state index contributed by atoms with van der Waals surface area (Å²) in [5.41, 5.74) is 9.61. The fraction of sp³-hybridized carbons (Fsp3) is 0.286. The van der Waals surface area contributed by atoms with Crippen molar-refractivity contribution in [2.45, 2.75) is 19.8 Å². The van der Waals surface area contributed by atoms with Gasteiger partial charge in [0.1, 0.15) is 5.65 Å². The van der Waals surface area contributed by atoms with Crippen molar-refractivity contribution in [3.63, 3.8) is 0 Å². The maximum Gasteiger partial charge on any atom is 0.137 e. The monoisotopic (exact) mass is 437 g/mol. The molecule has 0 unspecified atom stereocenters. The Morgan fingerprint density at radius 1 is 1.24 bits per heavy atom. The molecule has 0 bridgehead atoms. The van der Waals surface area contributed by atoms with E-state index in [4.69, 9.17) is 4.98 Å². The first-order chi connectivity index (χ1) is 16.0. The molecule has 0 amide bonds. The summed E-state index contributed by atoms with van der Waals surface area (Å²) in [5, 5.41) is 1.15. The van der Waals surface area contributed by atoms with Crippen LogP contribution in [0.4, 0.5) is 0 Å². The van der Waals surface area contributed by atoms with Crippen LogP contribution in [-0.4, -0.2) is 58.0 Å². The Morgan fingerprint density at radius 2 is 2.09 bits per heavy atom. The van der Waals surface area contributed by atoms with E-state index in [-0.39, 0.29) is 0 Å². The molecule has 1 aliphatic heterocycles. The molecular formula is C28H31N5. The number of fused-ring (bicyclic) bond motifs is 1. The number of nitrogens with one attached hydrogen (secondary N) is 1. The lowest BCUT2D eigenvalue weighted by Crippen LogP contribution is -2.43. The number of rotatable bonds is 6. The zero-order valence-corrected chi connectivity index (χ0v) is 19.7. The third kappa shape index (κ3) is 4.29. The number of allylic oxidation sites excluding steroid dienone is 4. The number of pyridine rings is 2. The van der Waals surface area contributed by atoms with Crippen LogP contribution in [0.3, 0.4) is 0 Å². The van der Waals surface area contributed by atoms with E-state index in [0.717, 1.165) is 37.2 Å². The Labute approximate surface area is 195 Å². The van der Waals surface area contributed by atoms with Crippen LogP contribution in [-0.2, 0) is 0 Å². The topological polar surface area (TPSA) is 48.0 Å². The smallest absolute Gasteiger partial charge is 0.137 e. The predicted molar refractivity (Wildman–Crippen MR) is 138 cm³/mol. The lowest BCUT2D eigenvalue weighted by Gasteiger charge is -2.37. The van der Waals surface area contributed by atoms with Crippen LogP contribution in [0.25, 0.3) is 28.3 Å². The van der Waals surface area contributed by atoms with Crippen LogP contribution in [0.5, 0.6) is 0 Å². The van der Waals surface area contributed by atoms with Gasteiger partial charge in [0.25, 0.3) is 0 Å². The number of aromatic nitrogens is 3. The number of hydrogen-bond acceptors (Lipinski definition) is 4. The summed E-state index contributed by atoms with van der Waals surface area (Å²) in [7, 11) is 2.18. The minimum atomic E-state index is 0.426. The zero-order chi connectivity index (χ0) is 22.9. The summed E-state index contributed by atoms with van der Waals surface area (Å²) in [6.07, 6.45) is 16.6. The van der Waals surface area contributed by atoms with Gasteiger partial charge in [-0.25, -0.2) is 4.98 Å². The first kappa shape index (κ1) is 21.4. The Morgan fingerprint density at radius 3 is 2.88 bits per heavy atom. The van der Waals surface area contributed by atoms with Gasteiger partial charge in [0, 0.05) is 73.5 Å². The molecule has 1 saturated heterocycles. The molecule has 0 spiro atoms. The number of H-pyrrole nitrogens is 1. The van der Waals surface area contributed by atoms with Crippen LogP contribution in [0.2, 0.25) is 0 Å². The Kier molecular flexibility index (Phi) is 5.73. The Hall–Kier alpha value is -3.44. The number of piperazine rings is 1. The van der Waals surface area contributed by atoms with Crippen LogP contribution in [0.15, 0.2) is 67.4 Å². The van der Waals surface area contributed by atoms with Gasteiger partial charge in [-0.1, -0.05) is 24.3 Å². The molecule has 2 aliphatic rings. The number of nitrogens with zero attached hydrogens (tertiary/aromatic N) is 4. The van der Waals surface area contributed by atoms with Gasteiger partial charge < -0.3 is 9.88 Å². The van der Waals surface area contributed by atoms with Crippen molar-refractivity contribution in [2.24, 2.45) is 0 Å². The van der Waals surface area contributed by atoms with Crippen molar-refractivity contribution in [2.75, 3.05) is 33.2 Å². The molecule has 33 heavy (non-hydrogen) atoms. The van der Waals surface area contributed by atoms with Gasteiger partial charge >= 0.3 is 0 Å². The molecule has 5 nitrogen and oxygen atoms in total. The summed E-state index contributed by atoms with van der Waals surface area (Å²) >= 11 is 0. The molecule has 3 aromatic heterocycles. The second-order valence-electron chi connectivity index (χ2n) is 9.11. The highest BCUT2D eigenvalue weighted by atomic mass is 15.3. The SMILES string of the molecule is C=CCN1CCN(C)C/C1=C(/C)c1cnc2[nH]cc(/C(C)=C/c3ccncc3C3C=C3)c2c1. The highest BCUT2D eigenvalue weighted by Crippen LogP contribution is 2.34. The second-order valence-corrected chi connectivity index (χ2v) is 9.11. The summed E-state index contributed by atoms with van der Waals surface area (Å²) in [6.45, 7) is 12.2. The molecule has 5 heteroatoms. The largest absolute Gasteiger partial charge is 0.369 e. The molecule has 3 aromatic rings. The van der Waals surface area contributed by atoms with E-state index in [1.54, 1.807) is 0 Å². The highest BCUT2D eigenvalue weighted by Gasteiger charge is 2.21. The lowest BCUT2D eigenvalue weighted by molar-refractivity contribution is 0.217. The van der Waals surface area contributed by atoms with E-state index in [2.05, 4.69) is 83.8 Å². The minimum Gasteiger partial charge on any atom is -0.369 e. The van der Waals surface area contributed by atoms with Crippen molar-refractivity contribution >= 4 is 28.3 Å². The quantitative estimate of drug-likeness (QED) is 0.529. The number of aromatic amines is 1. The third-order valence-corrected chi connectivity index (χ3v) is 6.73. The van der Waals surface area contributed by atoms with Gasteiger partial charge in [-0.2, -0.15) is 0 Å². The summed E-state index contributed by atoms with van der Waals surface area (Å²) in [5.74, 6) is 0.426. The molecule has 4 heterocycles. The number of likely N-dealkylation sites (N-methyl/N-ethyl adjacent to an activating group) is 1. The van der Waals surface area contributed by atoms with Crippen LogP contribution in [0.1, 0.15) is 42.0 Å². The fourth-order valence-corrected chi connectivity index (χ4v) is 4.68. The van der Waals surface area contributed by atoms with E-state index in [1.807, 2.05) is 24.7 Å². The van der Waals surface area contributed by atoms with Crippen molar-refractivity contribution in [3.05, 3.63) is 89.7 Å². The van der Waals surface area contributed by atoms with E-state index >= 15 is 0 Å². The summed E-state index contributed by atoms with van der Waals surface area (Å²) in [6, 6.07) is 4.38. The standard InChI is InChI=1S/C28H31N5/c1-5-10-33-12-11-32(4)18-27(33)20(3)23-14-24-25(17-31-28(24)30-15-23)19(2)13-22-8-9-29-16-26(22)21-6-7-21/h5-9,13-17,21H,1,10-12,18H2,2-4H3,(H,30,31)/b19-13+,27-20+. The van der Waals surface area contributed by atoms with Gasteiger partial charge in [0.15, 0.2) is 0 Å². The maximum atomic E-state index is 4.76. The average Bonchev–Trinajstić information content (AvgIpc) is 3.58. The van der Waals surface area contributed by atoms with E-state index in [1.165, 1.54) is 39.1 Å². The van der Waals surface area contributed by atoms with Crippen LogP contribution < -0.4 is 0 Å². The molecule has 0 saturated carbocycles. The molecule has 0 radical (unpaired) electrons. The normalized spacial score (nSPS) is 18.8. The first-order valence-electron chi connectivity index (χ1n) is 11.6. The summed E-state index contributed by atoms with van der Waals surface area (Å²) < 4.78 is 0. The molecule has 168 valence electrons. The molecule has 1 N–H and O–H groups in total. The van der Waals surface area contributed by atoms with Crippen molar-refractivity contribution in [3.8, 4) is 0 Å². The van der Waals surface area contributed by atoms with E-state index < -0.39 is 0 Å². The predicted octanol–water partition coefficient (Wildman–Crippen LogP) is 5.34. The Balaban J connectivity index is 1.54. The second kappa shape index (κ2) is 8.83. The van der Waals surface area contributed by atoms with Crippen molar-refractivity contribution in [1.82, 2.24) is 24.8 Å². The zero-order valence-electron chi connectivity index (χ0n) is 19.7. The van der Waals surface area contributed by atoms with Gasteiger partial charge in [-0.3, -0.25) is 9.88 Å². The molecule has 1 aliphatic carbocycles. The third-order valence-electron chi connectivity index (χ3n) is 6.73. The van der Waals surface area contributed by atoms with Gasteiger partial charge in [0.05, 0.1) is 0 Å². The number of hydrogen-bond donors (Lipinski definition) is 1. The molecule has 1 fully saturated rings. The van der Waals surface area contributed by atoms with Crippen molar-refractivity contribution in [1.29, 1.82) is 0 Å². The van der Waals surface area contributed by atoms with Gasteiger partial charge in [0.2, 0.25) is 0 Å². The summed E-state index contributed by atoms with van der Waals surface area (Å²) in [4.78, 5) is 17.3.